The Morgan fingerprint density at radius 1 is 1.17 bits per heavy atom. The van der Waals surface area contributed by atoms with Crippen molar-refractivity contribution in [1.29, 1.82) is 0 Å². The van der Waals surface area contributed by atoms with Crippen LogP contribution >= 0.6 is 0 Å². The minimum absolute atomic E-state index is 0.000996. The highest BCUT2D eigenvalue weighted by Crippen LogP contribution is 2.50. The summed E-state index contributed by atoms with van der Waals surface area (Å²) in [6.45, 7) is 2.55. The number of nitrogens with one attached hydrogen (secondary N) is 2. The van der Waals surface area contributed by atoms with E-state index in [9.17, 15) is 9.18 Å². The second-order valence-electron chi connectivity index (χ2n) is 9.44. The first kappa shape index (κ1) is 18.0. The summed E-state index contributed by atoms with van der Waals surface area (Å²) in [4.78, 5) is 17.0. The summed E-state index contributed by atoms with van der Waals surface area (Å²) in [5.41, 5.74) is 7.87. The van der Waals surface area contributed by atoms with Gasteiger partial charge in [-0.25, -0.2) is 4.39 Å². The Labute approximate surface area is 176 Å². The van der Waals surface area contributed by atoms with Gasteiger partial charge in [0, 0.05) is 18.2 Å². The Kier molecular flexibility index (Phi) is 3.68. The largest absolute Gasteiger partial charge is 0.377 e. The van der Waals surface area contributed by atoms with Crippen molar-refractivity contribution in [2.24, 2.45) is 0 Å². The minimum atomic E-state index is -0.887. The third-order valence-corrected chi connectivity index (χ3v) is 7.50. The topological polar surface area (TPSA) is 47.6 Å². The average Bonchev–Trinajstić information content (AvgIpc) is 3.21. The SMILES string of the molecule is CC1Nc2c(cc(C(=O)N3CC(F)C3)c3c2NC2(CC3)Cc3ccccc3C2)N1C. The molecule has 2 aromatic rings. The minimum Gasteiger partial charge on any atom is -0.377 e. The third kappa shape index (κ3) is 2.49. The molecule has 1 saturated heterocycles. The highest BCUT2D eigenvalue weighted by atomic mass is 19.1. The normalized spacial score (nSPS) is 23.4. The molecule has 1 atom stereocenters. The molecular weight excluding hydrogens is 379 g/mol. The Balaban J connectivity index is 1.43. The van der Waals surface area contributed by atoms with Crippen LogP contribution in [0.15, 0.2) is 30.3 Å². The first-order valence-electron chi connectivity index (χ1n) is 10.9. The number of benzene rings is 2. The monoisotopic (exact) mass is 406 g/mol. The molecule has 1 aliphatic carbocycles. The van der Waals surface area contributed by atoms with Gasteiger partial charge < -0.3 is 20.4 Å². The summed E-state index contributed by atoms with van der Waals surface area (Å²) in [5.74, 6) is -0.0386. The lowest BCUT2D eigenvalue weighted by Crippen LogP contribution is -2.52. The van der Waals surface area contributed by atoms with E-state index in [0.717, 1.165) is 53.9 Å². The van der Waals surface area contributed by atoms with Crippen molar-refractivity contribution in [2.45, 2.75) is 50.5 Å². The summed E-state index contributed by atoms with van der Waals surface area (Å²) in [6, 6.07) is 10.7. The molecule has 30 heavy (non-hydrogen) atoms. The standard InChI is InChI=1S/C24H27FN4O/c1-14-26-22-20(28(14)2)9-19(23(30)29-12-17(25)13-29)18-7-8-24(27-21(18)22)10-15-5-3-4-6-16(15)11-24/h3-6,9,14,17,26-27H,7-8,10-13H2,1-2H3. The molecule has 0 saturated carbocycles. The zero-order valence-electron chi connectivity index (χ0n) is 17.5. The maximum atomic E-state index is 13.4. The van der Waals surface area contributed by atoms with Crippen molar-refractivity contribution >= 4 is 23.0 Å². The predicted octanol–water partition coefficient (Wildman–Crippen LogP) is 3.58. The van der Waals surface area contributed by atoms with Crippen LogP contribution in [-0.4, -0.2) is 48.8 Å². The van der Waals surface area contributed by atoms with Crippen molar-refractivity contribution in [2.75, 3.05) is 35.7 Å². The molecule has 3 aliphatic heterocycles. The lowest BCUT2D eigenvalue weighted by atomic mass is 9.81. The van der Waals surface area contributed by atoms with Crippen molar-refractivity contribution in [1.82, 2.24) is 4.90 Å². The zero-order valence-corrected chi connectivity index (χ0v) is 17.5. The number of likely N-dealkylation sites (tertiary alicyclic amines) is 1. The van der Waals surface area contributed by atoms with Gasteiger partial charge in [-0.3, -0.25) is 4.79 Å². The highest BCUT2D eigenvalue weighted by molar-refractivity contribution is 6.03. The van der Waals surface area contributed by atoms with Crippen LogP contribution in [0.4, 0.5) is 21.5 Å². The maximum absolute atomic E-state index is 13.4. The number of amides is 1. The molecule has 5 nitrogen and oxygen atoms in total. The number of rotatable bonds is 1. The van der Waals surface area contributed by atoms with Crippen LogP contribution in [-0.2, 0) is 19.3 Å². The van der Waals surface area contributed by atoms with Crippen LogP contribution in [0.1, 0.15) is 40.4 Å². The van der Waals surface area contributed by atoms with Crippen LogP contribution in [0.5, 0.6) is 0 Å². The van der Waals surface area contributed by atoms with Gasteiger partial charge in [-0.15, -0.1) is 0 Å². The van der Waals surface area contributed by atoms with Gasteiger partial charge in [-0.2, -0.15) is 0 Å². The second kappa shape index (κ2) is 6.13. The lowest BCUT2D eigenvalue weighted by Gasteiger charge is -2.40. The van der Waals surface area contributed by atoms with Crippen LogP contribution in [0.25, 0.3) is 0 Å². The van der Waals surface area contributed by atoms with Crippen LogP contribution in [0.3, 0.4) is 0 Å². The number of halogens is 1. The van der Waals surface area contributed by atoms with E-state index >= 15 is 0 Å². The Morgan fingerprint density at radius 3 is 2.53 bits per heavy atom. The first-order valence-corrected chi connectivity index (χ1v) is 10.9. The van der Waals surface area contributed by atoms with Gasteiger partial charge in [-0.1, -0.05) is 24.3 Å². The molecule has 156 valence electrons. The summed E-state index contributed by atoms with van der Waals surface area (Å²) in [5, 5.41) is 7.52. The molecule has 2 N–H and O–H groups in total. The molecule has 1 fully saturated rings. The molecule has 3 heterocycles. The molecule has 4 aliphatic rings. The predicted molar refractivity (Wildman–Crippen MR) is 117 cm³/mol. The van der Waals surface area contributed by atoms with Gasteiger partial charge in [0.2, 0.25) is 0 Å². The number of hydrogen-bond donors (Lipinski definition) is 2. The number of carbonyl (C=O) groups is 1. The van der Waals surface area contributed by atoms with Gasteiger partial charge in [0.1, 0.15) is 6.17 Å². The van der Waals surface area contributed by atoms with Gasteiger partial charge in [-0.05, 0) is 55.4 Å². The summed E-state index contributed by atoms with van der Waals surface area (Å²) in [6.07, 6.45) is 3.14. The number of carbonyl (C=O) groups excluding carboxylic acids is 1. The number of alkyl halides is 1. The van der Waals surface area contributed by atoms with E-state index in [1.807, 2.05) is 6.07 Å². The molecule has 1 spiro atoms. The Hall–Kier alpha value is -2.76. The van der Waals surface area contributed by atoms with Gasteiger partial charge >= 0.3 is 0 Å². The van der Waals surface area contributed by atoms with Crippen LogP contribution in [0, 0.1) is 0 Å². The zero-order chi connectivity index (χ0) is 20.6. The van der Waals surface area contributed by atoms with Crippen molar-refractivity contribution in [3.05, 3.63) is 52.6 Å². The van der Waals surface area contributed by atoms with Crippen LogP contribution in [0.2, 0.25) is 0 Å². The maximum Gasteiger partial charge on any atom is 0.254 e. The molecule has 2 aromatic carbocycles. The van der Waals surface area contributed by atoms with E-state index in [1.165, 1.54) is 11.1 Å². The number of hydrogen-bond acceptors (Lipinski definition) is 4. The third-order valence-electron chi connectivity index (χ3n) is 7.50. The fourth-order valence-electron chi connectivity index (χ4n) is 5.65. The van der Waals surface area contributed by atoms with E-state index in [4.69, 9.17) is 0 Å². The second-order valence-corrected chi connectivity index (χ2v) is 9.44. The molecule has 0 aromatic heterocycles. The van der Waals surface area contributed by atoms with Crippen molar-refractivity contribution < 1.29 is 9.18 Å². The quantitative estimate of drug-likeness (QED) is 0.760. The molecule has 6 heteroatoms. The summed E-state index contributed by atoms with van der Waals surface area (Å²) < 4.78 is 13.4. The van der Waals surface area contributed by atoms with Gasteiger partial charge in [0.15, 0.2) is 0 Å². The number of anilines is 3. The lowest BCUT2D eigenvalue weighted by molar-refractivity contribution is 0.0399. The Morgan fingerprint density at radius 2 is 1.87 bits per heavy atom. The van der Waals surface area contributed by atoms with Gasteiger partial charge in [0.25, 0.3) is 5.91 Å². The molecule has 6 rings (SSSR count). The molecule has 1 unspecified atom stereocenters. The smallest absolute Gasteiger partial charge is 0.254 e. The van der Waals surface area contributed by atoms with Gasteiger partial charge in [0.05, 0.1) is 36.3 Å². The first-order chi connectivity index (χ1) is 14.4. The van der Waals surface area contributed by atoms with E-state index in [2.05, 4.69) is 53.8 Å². The van der Waals surface area contributed by atoms with E-state index in [-0.39, 0.29) is 30.7 Å². The van der Waals surface area contributed by atoms with E-state index in [1.54, 1.807) is 4.90 Å². The molecule has 0 radical (unpaired) electrons. The molecule has 1 amide bonds. The fourth-order valence-corrected chi connectivity index (χ4v) is 5.65. The number of fused-ring (bicyclic) bond motifs is 4. The number of nitrogens with zero attached hydrogens (tertiary/aromatic N) is 2. The highest BCUT2D eigenvalue weighted by Gasteiger charge is 2.43. The van der Waals surface area contributed by atoms with Crippen LogP contribution < -0.4 is 15.5 Å². The fraction of sp³-hybridized carbons (Fsp3) is 0.458. The van der Waals surface area contributed by atoms with E-state index in [0.29, 0.717) is 0 Å². The van der Waals surface area contributed by atoms with Crippen molar-refractivity contribution in [3.63, 3.8) is 0 Å². The molecule has 0 bridgehead atoms. The average molecular weight is 407 g/mol. The van der Waals surface area contributed by atoms with E-state index < -0.39 is 6.17 Å². The summed E-state index contributed by atoms with van der Waals surface area (Å²) >= 11 is 0. The summed E-state index contributed by atoms with van der Waals surface area (Å²) in [7, 11) is 2.05. The Bertz CT molecular complexity index is 1040. The molecular formula is C24H27FN4O. The van der Waals surface area contributed by atoms with Crippen molar-refractivity contribution in [3.8, 4) is 0 Å².